The van der Waals surface area contributed by atoms with Gasteiger partial charge in [0, 0.05) is 25.1 Å². The van der Waals surface area contributed by atoms with Gasteiger partial charge < -0.3 is 4.90 Å². The molecule has 2 rings (SSSR count). The molecule has 1 aliphatic rings. The Bertz CT molecular complexity index is 415. The smallest absolute Gasteiger partial charge is 0.134 e. The van der Waals surface area contributed by atoms with Gasteiger partial charge in [0.2, 0.25) is 0 Å². The largest absolute Gasteiger partial charge is 0.356 e. The first-order valence-electron chi connectivity index (χ1n) is 6.17. The minimum Gasteiger partial charge on any atom is -0.356 e. The predicted molar refractivity (Wildman–Crippen MR) is 74.4 cm³/mol. The molecule has 17 heavy (non-hydrogen) atoms. The van der Waals surface area contributed by atoms with Crippen LogP contribution in [0.3, 0.4) is 0 Å². The standard InChI is InChI=1S/C13H20BrN3/c1-9(2)12-15-10(14)7-11(16-12)17-6-5-13(3,4)8-17/h7,9H,5-6,8H2,1-4H3. The Labute approximate surface area is 112 Å². The second-order valence-corrected chi connectivity index (χ2v) is 6.71. The third-order valence-electron chi connectivity index (χ3n) is 3.22. The molecule has 0 spiro atoms. The highest BCUT2D eigenvalue weighted by atomic mass is 79.9. The monoisotopic (exact) mass is 297 g/mol. The van der Waals surface area contributed by atoms with Gasteiger partial charge in [0.1, 0.15) is 16.2 Å². The molecule has 0 unspecified atom stereocenters. The lowest BCUT2D eigenvalue weighted by Gasteiger charge is -2.21. The molecule has 0 N–H and O–H groups in total. The Morgan fingerprint density at radius 3 is 2.59 bits per heavy atom. The zero-order valence-electron chi connectivity index (χ0n) is 11.0. The molecule has 94 valence electrons. The van der Waals surface area contributed by atoms with Crippen molar-refractivity contribution in [3.8, 4) is 0 Å². The quantitative estimate of drug-likeness (QED) is 0.781. The Morgan fingerprint density at radius 2 is 2.06 bits per heavy atom. The number of rotatable bonds is 2. The van der Waals surface area contributed by atoms with E-state index in [2.05, 4.69) is 58.5 Å². The number of halogens is 1. The predicted octanol–water partition coefficient (Wildman–Crippen LogP) is 3.60. The summed E-state index contributed by atoms with van der Waals surface area (Å²) < 4.78 is 0.885. The van der Waals surface area contributed by atoms with Crippen molar-refractivity contribution in [2.24, 2.45) is 5.41 Å². The average molecular weight is 298 g/mol. The molecule has 1 fully saturated rings. The minimum absolute atomic E-state index is 0.363. The van der Waals surface area contributed by atoms with Crippen LogP contribution in [0.5, 0.6) is 0 Å². The first kappa shape index (κ1) is 12.8. The summed E-state index contributed by atoms with van der Waals surface area (Å²) in [6.45, 7) is 11.0. The topological polar surface area (TPSA) is 29.0 Å². The van der Waals surface area contributed by atoms with Crippen LogP contribution in [-0.4, -0.2) is 23.1 Å². The molecule has 0 aliphatic carbocycles. The molecule has 0 aromatic carbocycles. The van der Waals surface area contributed by atoms with Gasteiger partial charge in [-0.15, -0.1) is 0 Å². The molecule has 0 atom stereocenters. The summed E-state index contributed by atoms with van der Waals surface area (Å²) in [5.41, 5.74) is 0.398. The van der Waals surface area contributed by atoms with Gasteiger partial charge in [-0.1, -0.05) is 27.7 Å². The van der Waals surface area contributed by atoms with Crippen molar-refractivity contribution >= 4 is 21.7 Å². The summed E-state index contributed by atoms with van der Waals surface area (Å²) in [7, 11) is 0. The van der Waals surface area contributed by atoms with Gasteiger partial charge in [0.05, 0.1) is 0 Å². The molecular formula is C13H20BrN3. The Balaban J connectivity index is 2.27. The molecule has 3 nitrogen and oxygen atoms in total. The van der Waals surface area contributed by atoms with Crippen molar-refractivity contribution in [3.05, 3.63) is 16.5 Å². The Morgan fingerprint density at radius 1 is 1.35 bits per heavy atom. The third-order valence-corrected chi connectivity index (χ3v) is 3.62. The first-order chi connectivity index (χ1) is 7.87. The molecule has 0 radical (unpaired) electrons. The molecule has 1 aromatic heterocycles. The summed E-state index contributed by atoms with van der Waals surface area (Å²) in [6.07, 6.45) is 1.23. The average Bonchev–Trinajstić information content (AvgIpc) is 2.58. The zero-order valence-corrected chi connectivity index (χ0v) is 12.6. The summed E-state index contributed by atoms with van der Waals surface area (Å²) in [5.74, 6) is 2.34. The van der Waals surface area contributed by atoms with Gasteiger partial charge in [-0.2, -0.15) is 0 Å². The van der Waals surface area contributed by atoms with E-state index in [0.717, 1.165) is 29.3 Å². The lowest BCUT2D eigenvalue weighted by Crippen LogP contribution is -2.24. The van der Waals surface area contributed by atoms with Gasteiger partial charge in [-0.3, -0.25) is 0 Å². The fraction of sp³-hybridized carbons (Fsp3) is 0.692. The normalized spacial score (nSPS) is 19.1. The Kier molecular flexibility index (Phi) is 3.43. The van der Waals surface area contributed by atoms with Crippen molar-refractivity contribution in [2.75, 3.05) is 18.0 Å². The van der Waals surface area contributed by atoms with Gasteiger partial charge in [0.25, 0.3) is 0 Å². The maximum absolute atomic E-state index is 4.67. The molecular weight excluding hydrogens is 278 g/mol. The third kappa shape index (κ3) is 2.97. The number of nitrogens with zero attached hydrogens (tertiary/aromatic N) is 3. The number of hydrogen-bond donors (Lipinski definition) is 0. The maximum Gasteiger partial charge on any atom is 0.134 e. The number of aromatic nitrogens is 2. The molecule has 1 saturated heterocycles. The summed E-state index contributed by atoms with van der Waals surface area (Å²) in [4.78, 5) is 11.4. The van der Waals surface area contributed by atoms with Crippen molar-refractivity contribution < 1.29 is 0 Å². The Hall–Kier alpha value is -0.640. The fourth-order valence-corrected chi connectivity index (χ4v) is 2.54. The minimum atomic E-state index is 0.363. The highest BCUT2D eigenvalue weighted by molar-refractivity contribution is 9.10. The lowest BCUT2D eigenvalue weighted by atomic mass is 9.93. The molecule has 1 aliphatic heterocycles. The summed E-state index contributed by atoms with van der Waals surface area (Å²) in [5, 5.41) is 0. The summed E-state index contributed by atoms with van der Waals surface area (Å²) >= 11 is 3.48. The highest BCUT2D eigenvalue weighted by Crippen LogP contribution is 2.32. The maximum atomic E-state index is 4.67. The van der Waals surface area contributed by atoms with Crippen LogP contribution in [0.4, 0.5) is 5.82 Å². The van der Waals surface area contributed by atoms with E-state index in [9.17, 15) is 0 Å². The van der Waals surface area contributed by atoms with Crippen LogP contribution in [0.15, 0.2) is 10.7 Å². The SMILES string of the molecule is CC(C)c1nc(Br)cc(N2CCC(C)(C)C2)n1. The molecule has 1 aromatic rings. The molecule has 4 heteroatoms. The molecule has 0 saturated carbocycles. The second kappa shape index (κ2) is 4.56. The van der Waals surface area contributed by atoms with Gasteiger partial charge >= 0.3 is 0 Å². The van der Waals surface area contributed by atoms with Crippen LogP contribution >= 0.6 is 15.9 Å². The van der Waals surface area contributed by atoms with E-state index in [-0.39, 0.29) is 0 Å². The van der Waals surface area contributed by atoms with Gasteiger partial charge in [-0.05, 0) is 27.8 Å². The molecule has 0 amide bonds. The molecule has 2 heterocycles. The van der Waals surface area contributed by atoms with E-state index in [0.29, 0.717) is 11.3 Å². The van der Waals surface area contributed by atoms with Crippen LogP contribution in [0.2, 0.25) is 0 Å². The van der Waals surface area contributed by atoms with Gasteiger partial charge in [-0.25, -0.2) is 9.97 Å². The van der Waals surface area contributed by atoms with Crippen molar-refractivity contribution in [1.82, 2.24) is 9.97 Å². The number of hydrogen-bond acceptors (Lipinski definition) is 3. The van der Waals surface area contributed by atoms with Crippen LogP contribution in [0.25, 0.3) is 0 Å². The van der Waals surface area contributed by atoms with E-state index in [1.54, 1.807) is 0 Å². The van der Waals surface area contributed by atoms with Crippen LogP contribution in [0, 0.1) is 5.41 Å². The van der Waals surface area contributed by atoms with E-state index in [1.807, 2.05) is 6.07 Å². The lowest BCUT2D eigenvalue weighted by molar-refractivity contribution is 0.418. The van der Waals surface area contributed by atoms with E-state index in [4.69, 9.17) is 0 Å². The summed E-state index contributed by atoms with van der Waals surface area (Å²) in [6, 6.07) is 2.02. The fourth-order valence-electron chi connectivity index (χ4n) is 2.15. The zero-order chi connectivity index (χ0) is 12.6. The molecule has 0 bridgehead atoms. The first-order valence-corrected chi connectivity index (χ1v) is 6.96. The van der Waals surface area contributed by atoms with E-state index < -0.39 is 0 Å². The van der Waals surface area contributed by atoms with Crippen molar-refractivity contribution in [1.29, 1.82) is 0 Å². The second-order valence-electron chi connectivity index (χ2n) is 5.90. The van der Waals surface area contributed by atoms with E-state index >= 15 is 0 Å². The van der Waals surface area contributed by atoms with Crippen LogP contribution in [-0.2, 0) is 0 Å². The highest BCUT2D eigenvalue weighted by Gasteiger charge is 2.30. The van der Waals surface area contributed by atoms with Crippen molar-refractivity contribution in [3.63, 3.8) is 0 Å². The van der Waals surface area contributed by atoms with Crippen molar-refractivity contribution in [2.45, 2.75) is 40.0 Å². The van der Waals surface area contributed by atoms with Gasteiger partial charge in [0.15, 0.2) is 0 Å². The van der Waals surface area contributed by atoms with Crippen LogP contribution < -0.4 is 4.90 Å². The van der Waals surface area contributed by atoms with E-state index in [1.165, 1.54) is 6.42 Å². The number of anilines is 1. The van der Waals surface area contributed by atoms with Crippen LogP contribution in [0.1, 0.15) is 45.9 Å².